The normalized spacial score (nSPS) is 12.3. The zero-order valence-corrected chi connectivity index (χ0v) is 14.2. The average Bonchev–Trinajstić information content (AvgIpc) is 2.39. The number of para-hydroxylation sites is 1. The first kappa shape index (κ1) is 16.7. The summed E-state index contributed by atoms with van der Waals surface area (Å²) in [6.45, 7) is 1.91. The Bertz CT molecular complexity index is 658. The molecule has 0 aliphatic rings. The summed E-state index contributed by atoms with van der Waals surface area (Å²) in [7, 11) is 0. The predicted molar refractivity (Wildman–Crippen MR) is 90.4 cm³/mol. The Labute approximate surface area is 143 Å². The molecule has 2 aromatic carbocycles. The molecule has 0 spiro atoms. The van der Waals surface area contributed by atoms with Crippen LogP contribution in [0.1, 0.15) is 12.5 Å². The molecule has 0 amide bonds. The minimum atomic E-state index is -0.0184. The lowest BCUT2D eigenvalue weighted by Crippen LogP contribution is -2.18. The Balaban J connectivity index is 2.42. The molecule has 0 aliphatic carbocycles. The van der Waals surface area contributed by atoms with Gasteiger partial charge in [-0.1, -0.05) is 58.5 Å². The Morgan fingerprint density at radius 3 is 2.33 bits per heavy atom. The van der Waals surface area contributed by atoms with E-state index in [-0.39, 0.29) is 6.04 Å². The van der Waals surface area contributed by atoms with Crippen molar-refractivity contribution in [2.45, 2.75) is 19.4 Å². The third kappa shape index (κ3) is 4.18. The molecule has 0 fully saturated rings. The van der Waals surface area contributed by atoms with Gasteiger partial charge in [-0.25, -0.2) is 0 Å². The predicted octanol–water partition coefficient (Wildman–Crippen LogP) is 5.98. The van der Waals surface area contributed by atoms with Gasteiger partial charge < -0.3 is 10.5 Å². The van der Waals surface area contributed by atoms with Crippen molar-refractivity contribution in [3.05, 3.63) is 56.0 Å². The molecule has 2 aromatic rings. The number of halogens is 4. The number of hydrogen-bond donors (Lipinski definition) is 1. The van der Waals surface area contributed by atoms with Gasteiger partial charge in [0.1, 0.15) is 11.5 Å². The fourth-order valence-corrected chi connectivity index (χ4v) is 2.68. The number of benzene rings is 2. The van der Waals surface area contributed by atoms with E-state index in [0.717, 1.165) is 5.56 Å². The van der Waals surface area contributed by atoms with Crippen LogP contribution in [0.2, 0.25) is 20.1 Å². The maximum absolute atomic E-state index is 6.22. The lowest BCUT2D eigenvalue weighted by Gasteiger charge is -2.15. The number of hydrogen-bond acceptors (Lipinski definition) is 2. The SMILES string of the molecule is CC(N)Cc1cccc(Cl)c1Oc1cc(Cl)c(Cl)cc1Cl. The van der Waals surface area contributed by atoms with Crippen molar-refractivity contribution in [1.82, 2.24) is 0 Å². The molecule has 2 rings (SSSR count). The van der Waals surface area contributed by atoms with Crippen molar-refractivity contribution in [2.75, 3.05) is 0 Å². The third-order valence-corrected chi connectivity index (χ3v) is 4.09. The maximum Gasteiger partial charge on any atom is 0.149 e. The topological polar surface area (TPSA) is 35.2 Å². The zero-order chi connectivity index (χ0) is 15.6. The first-order valence-electron chi connectivity index (χ1n) is 6.24. The highest BCUT2D eigenvalue weighted by Gasteiger charge is 2.14. The molecule has 1 unspecified atom stereocenters. The maximum atomic E-state index is 6.22. The van der Waals surface area contributed by atoms with Crippen LogP contribution in [0, 0.1) is 0 Å². The quantitative estimate of drug-likeness (QED) is 0.677. The number of nitrogens with two attached hydrogens (primary N) is 1. The van der Waals surface area contributed by atoms with Crippen LogP contribution in [0.25, 0.3) is 0 Å². The minimum absolute atomic E-state index is 0.0184. The summed E-state index contributed by atoms with van der Waals surface area (Å²) in [6, 6.07) is 8.58. The van der Waals surface area contributed by atoms with Crippen LogP contribution < -0.4 is 10.5 Å². The summed E-state index contributed by atoms with van der Waals surface area (Å²) in [5.41, 5.74) is 6.75. The summed E-state index contributed by atoms with van der Waals surface area (Å²) >= 11 is 24.2. The molecular formula is C15H13Cl4NO. The second-order valence-corrected chi connectivity index (χ2v) is 6.34. The van der Waals surface area contributed by atoms with E-state index in [1.807, 2.05) is 19.1 Å². The van der Waals surface area contributed by atoms with Crippen molar-refractivity contribution < 1.29 is 4.74 Å². The summed E-state index contributed by atoms with van der Waals surface area (Å²) in [6.07, 6.45) is 0.634. The van der Waals surface area contributed by atoms with Gasteiger partial charge >= 0.3 is 0 Å². The summed E-state index contributed by atoms with van der Waals surface area (Å²) in [5, 5.41) is 1.56. The van der Waals surface area contributed by atoms with Crippen LogP contribution in [-0.4, -0.2) is 6.04 Å². The van der Waals surface area contributed by atoms with Gasteiger partial charge in [-0.2, -0.15) is 0 Å². The molecule has 1 atom stereocenters. The Hall–Kier alpha value is -0.640. The highest BCUT2D eigenvalue weighted by molar-refractivity contribution is 6.43. The lowest BCUT2D eigenvalue weighted by atomic mass is 10.1. The van der Waals surface area contributed by atoms with E-state index in [0.29, 0.717) is 38.0 Å². The van der Waals surface area contributed by atoms with Crippen LogP contribution in [0.5, 0.6) is 11.5 Å². The molecule has 0 saturated carbocycles. The first-order chi connectivity index (χ1) is 9.88. The van der Waals surface area contributed by atoms with Crippen molar-refractivity contribution in [3.63, 3.8) is 0 Å². The molecule has 2 nitrogen and oxygen atoms in total. The van der Waals surface area contributed by atoms with Gasteiger partial charge in [-0.15, -0.1) is 0 Å². The summed E-state index contributed by atoms with van der Waals surface area (Å²) in [4.78, 5) is 0. The molecular weight excluding hydrogens is 352 g/mol. The van der Waals surface area contributed by atoms with Crippen LogP contribution in [0.3, 0.4) is 0 Å². The van der Waals surface area contributed by atoms with E-state index in [1.54, 1.807) is 12.1 Å². The van der Waals surface area contributed by atoms with Crippen molar-refractivity contribution in [1.29, 1.82) is 0 Å². The molecule has 21 heavy (non-hydrogen) atoms. The van der Waals surface area contributed by atoms with E-state index < -0.39 is 0 Å². The van der Waals surface area contributed by atoms with Crippen molar-refractivity contribution in [2.24, 2.45) is 5.73 Å². The zero-order valence-electron chi connectivity index (χ0n) is 11.2. The van der Waals surface area contributed by atoms with Crippen LogP contribution in [-0.2, 0) is 6.42 Å². The number of rotatable bonds is 4. The Morgan fingerprint density at radius 1 is 1.00 bits per heavy atom. The van der Waals surface area contributed by atoms with Crippen molar-refractivity contribution >= 4 is 46.4 Å². The van der Waals surface area contributed by atoms with Gasteiger partial charge in [-0.3, -0.25) is 0 Å². The smallest absolute Gasteiger partial charge is 0.149 e. The fourth-order valence-electron chi connectivity index (χ4n) is 1.87. The standard InChI is InChI=1S/C15H13Cl4NO/c1-8(20)5-9-3-2-4-10(16)15(9)21-14-7-12(18)11(17)6-13(14)19/h2-4,6-8H,5,20H2,1H3. The van der Waals surface area contributed by atoms with Gasteiger partial charge in [0.2, 0.25) is 0 Å². The van der Waals surface area contributed by atoms with E-state index >= 15 is 0 Å². The molecule has 2 N–H and O–H groups in total. The first-order valence-corrected chi connectivity index (χ1v) is 7.75. The van der Waals surface area contributed by atoms with Crippen LogP contribution in [0.4, 0.5) is 0 Å². The van der Waals surface area contributed by atoms with Crippen molar-refractivity contribution in [3.8, 4) is 11.5 Å². The molecule has 0 bridgehead atoms. The highest BCUT2D eigenvalue weighted by Crippen LogP contribution is 2.39. The fraction of sp³-hybridized carbons (Fsp3) is 0.200. The second-order valence-electron chi connectivity index (χ2n) is 4.71. The monoisotopic (exact) mass is 363 g/mol. The highest BCUT2D eigenvalue weighted by atomic mass is 35.5. The molecule has 0 saturated heterocycles. The minimum Gasteiger partial charge on any atom is -0.454 e. The summed E-state index contributed by atoms with van der Waals surface area (Å²) in [5.74, 6) is 0.918. The van der Waals surface area contributed by atoms with Gasteiger partial charge in [0, 0.05) is 12.1 Å². The molecule has 0 aliphatic heterocycles. The van der Waals surface area contributed by atoms with Gasteiger partial charge in [0.05, 0.1) is 20.1 Å². The largest absolute Gasteiger partial charge is 0.454 e. The Morgan fingerprint density at radius 2 is 1.67 bits per heavy atom. The van der Waals surface area contributed by atoms with Gasteiger partial charge in [0.25, 0.3) is 0 Å². The Kier molecular flexibility index (Phi) is 5.64. The molecule has 112 valence electrons. The van der Waals surface area contributed by atoms with E-state index in [2.05, 4.69) is 0 Å². The van der Waals surface area contributed by atoms with Crippen LogP contribution >= 0.6 is 46.4 Å². The molecule has 0 aromatic heterocycles. The van der Waals surface area contributed by atoms with E-state index in [1.165, 1.54) is 6.07 Å². The second kappa shape index (κ2) is 7.08. The molecule has 0 radical (unpaired) electrons. The van der Waals surface area contributed by atoms with Crippen LogP contribution in [0.15, 0.2) is 30.3 Å². The third-order valence-electron chi connectivity index (χ3n) is 2.78. The van der Waals surface area contributed by atoms with Gasteiger partial charge in [0.15, 0.2) is 0 Å². The molecule has 0 heterocycles. The lowest BCUT2D eigenvalue weighted by molar-refractivity contribution is 0.474. The van der Waals surface area contributed by atoms with Gasteiger partial charge in [-0.05, 0) is 31.0 Å². The van der Waals surface area contributed by atoms with E-state index in [4.69, 9.17) is 56.9 Å². The average molecular weight is 365 g/mol. The summed E-state index contributed by atoms with van der Waals surface area (Å²) < 4.78 is 5.85. The van der Waals surface area contributed by atoms with E-state index in [9.17, 15) is 0 Å². The number of ether oxygens (including phenoxy) is 1. The molecule has 6 heteroatoms.